The number of halogens is 3. The molecule has 1 atom stereocenters. The number of nitrogens with zero attached hydrogens (tertiary/aromatic N) is 2. The summed E-state index contributed by atoms with van der Waals surface area (Å²) >= 11 is 3.42. The van der Waals surface area contributed by atoms with Gasteiger partial charge in [0.1, 0.15) is 11.8 Å². The predicted octanol–water partition coefficient (Wildman–Crippen LogP) is 6.33. The number of anilines is 2. The molecule has 1 unspecified atom stereocenters. The van der Waals surface area contributed by atoms with Gasteiger partial charge in [-0.25, -0.2) is 8.78 Å². The summed E-state index contributed by atoms with van der Waals surface area (Å²) in [7, 11) is 0. The monoisotopic (exact) mass is 405 g/mol. The molecular weight excluding hydrogens is 392 g/mol. The summed E-state index contributed by atoms with van der Waals surface area (Å²) in [5.41, 5.74) is 2.42. The van der Waals surface area contributed by atoms with Crippen molar-refractivity contribution in [2.45, 2.75) is 13.0 Å². The molecule has 0 saturated carbocycles. The van der Waals surface area contributed by atoms with Gasteiger partial charge >= 0.3 is 0 Å². The van der Waals surface area contributed by atoms with Crippen LogP contribution in [0.25, 0.3) is 0 Å². The lowest BCUT2D eigenvalue weighted by atomic mass is 10.2. The van der Waals surface area contributed by atoms with Crippen molar-refractivity contribution in [3.05, 3.63) is 76.6 Å². The van der Waals surface area contributed by atoms with Crippen molar-refractivity contribution in [2.24, 2.45) is 10.2 Å². The van der Waals surface area contributed by atoms with Crippen LogP contribution in [0.15, 0.2) is 75.2 Å². The molecule has 0 radical (unpaired) electrons. The average molecular weight is 406 g/mol. The first kappa shape index (κ1) is 17.3. The summed E-state index contributed by atoms with van der Waals surface area (Å²) in [5, 5.41) is 11.4. The van der Waals surface area contributed by atoms with Crippen LogP contribution in [-0.4, -0.2) is 6.10 Å². The highest BCUT2D eigenvalue weighted by atomic mass is 79.9. The third kappa shape index (κ3) is 4.30. The summed E-state index contributed by atoms with van der Waals surface area (Å²) in [5.74, 6) is -1.79. The first-order chi connectivity index (χ1) is 12.0. The Bertz CT molecular complexity index is 880. The van der Waals surface area contributed by atoms with Crippen LogP contribution < -0.4 is 5.32 Å². The molecule has 25 heavy (non-hydrogen) atoms. The van der Waals surface area contributed by atoms with Gasteiger partial charge < -0.3 is 10.1 Å². The van der Waals surface area contributed by atoms with E-state index in [4.69, 9.17) is 4.74 Å². The molecule has 3 rings (SSSR count). The standard InChI is InChI=1S/C18H14BrF2N3O/c1-11-18(15(19)7-8-25-11)24-23-14-4-2-3-12(9-14)22-13-5-6-16(20)17(21)10-13/h2-11,22H,1H3. The molecule has 0 aromatic heterocycles. The van der Waals surface area contributed by atoms with Gasteiger partial charge in [0, 0.05) is 21.9 Å². The van der Waals surface area contributed by atoms with Crippen molar-refractivity contribution in [1.29, 1.82) is 0 Å². The normalized spacial score (nSPS) is 17.0. The number of rotatable bonds is 4. The summed E-state index contributed by atoms with van der Waals surface area (Å²) in [4.78, 5) is 0. The maximum atomic E-state index is 13.3. The molecule has 1 aliphatic heterocycles. The van der Waals surface area contributed by atoms with E-state index in [1.807, 2.05) is 6.92 Å². The summed E-state index contributed by atoms with van der Waals surface area (Å²) in [6.07, 6.45) is 3.15. The minimum Gasteiger partial charge on any atom is -0.492 e. The fourth-order valence-electron chi connectivity index (χ4n) is 2.19. The molecule has 1 N–H and O–H groups in total. The smallest absolute Gasteiger partial charge is 0.160 e. The topological polar surface area (TPSA) is 46.0 Å². The van der Waals surface area contributed by atoms with Gasteiger partial charge in [0.15, 0.2) is 11.6 Å². The van der Waals surface area contributed by atoms with E-state index in [-0.39, 0.29) is 6.10 Å². The van der Waals surface area contributed by atoms with E-state index in [0.29, 0.717) is 22.8 Å². The zero-order chi connectivity index (χ0) is 17.8. The molecule has 2 aromatic carbocycles. The van der Waals surface area contributed by atoms with Crippen LogP contribution in [0.1, 0.15) is 6.92 Å². The fourth-order valence-corrected chi connectivity index (χ4v) is 2.70. The van der Waals surface area contributed by atoms with Crippen molar-refractivity contribution in [3.63, 3.8) is 0 Å². The van der Waals surface area contributed by atoms with Crippen molar-refractivity contribution >= 4 is 33.0 Å². The second-order valence-corrected chi connectivity index (χ2v) is 6.17. The van der Waals surface area contributed by atoms with Gasteiger partial charge in [0.2, 0.25) is 0 Å². The second-order valence-electron chi connectivity index (χ2n) is 5.32. The fraction of sp³-hybridized carbons (Fsp3) is 0.111. The lowest BCUT2D eigenvalue weighted by molar-refractivity contribution is 0.186. The van der Waals surface area contributed by atoms with Gasteiger partial charge in [-0.15, -0.1) is 5.11 Å². The molecule has 0 aliphatic carbocycles. The van der Waals surface area contributed by atoms with E-state index < -0.39 is 11.6 Å². The molecule has 0 bridgehead atoms. The zero-order valence-electron chi connectivity index (χ0n) is 13.2. The number of hydrogen-bond donors (Lipinski definition) is 1. The summed E-state index contributed by atoms with van der Waals surface area (Å²) in [6.45, 7) is 1.88. The molecule has 2 aromatic rings. The maximum absolute atomic E-state index is 13.3. The molecule has 1 aliphatic rings. The highest BCUT2D eigenvalue weighted by Gasteiger charge is 2.15. The summed E-state index contributed by atoms with van der Waals surface area (Å²) < 4.78 is 32.5. The Morgan fingerprint density at radius 1 is 1.04 bits per heavy atom. The third-order valence-electron chi connectivity index (χ3n) is 3.45. The predicted molar refractivity (Wildman–Crippen MR) is 96.2 cm³/mol. The molecule has 0 fully saturated rings. The average Bonchev–Trinajstić information content (AvgIpc) is 2.58. The molecule has 1 heterocycles. The number of ether oxygens (including phenoxy) is 1. The second kappa shape index (κ2) is 7.57. The number of nitrogens with one attached hydrogen (secondary N) is 1. The minimum absolute atomic E-state index is 0.202. The minimum atomic E-state index is -0.906. The van der Waals surface area contributed by atoms with Gasteiger partial charge in [-0.1, -0.05) is 6.07 Å². The van der Waals surface area contributed by atoms with Gasteiger partial charge in [-0.3, -0.25) is 0 Å². The highest BCUT2D eigenvalue weighted by molar-refractivity contribution is 9.11. The molecule has 4 nitrogen and oxygen atoms in total. The zero-order valence-corrected chi connectivity index (χ0v) is 14.8. The molecule has 0 saturated heterocycles. The van der Waals surface area contributed by atoms with Crippen LogP contribution in [0.2, 0.25) is 0 Å². The highest BCUT2D eigenvalue weighted by Crippen LogP contribution is 2.28. The van der Waals surface area contributed by atoms with Crippen molar-refractivity contribution in [2.75, 3.05) is 5.32 Å². The van der Waals surface area contributed by atoms with Crippen LogP contribution >= 0.6 is 15.9 Å². The van der Waals surface area contributed by atoms with E-state index in [9.17, 15) is 8.78 Å². The van der Waals surface area contributed by atoms with Gasteiger partial charge in [-0.05, 0) is 59.3 Å². The Morgan fingerprint density at radius 3 is 2.60 bits per heavy atom. The van der Waals surface area contributed by atoms with Gasteiger partial charge in [0.25, 0.3) is 0 Å². The quantitative estimate of drug-likeness (QED) is 0.603. The van der Waals surface area contributed by atoms with Crippen LogP contribution in [0, 0.1) is 11.6 Å². The Kier molecular flexibility index (Phi) is 5.23. The van der Waals surface area contributed by atoms with Crippen LogP contribution in [0.3, 0.4) is 0 Å². The van der Waals surface area contributed by atoms with E-state index in [0.717, 1.165) is 16.6 Å². The molecular formula is C18H14BrF2N3O. The Labute approximate surface area is 152 Å². The first-order valence-electron chi connectivity index (χ1n) is 7.48. The first-order valence-corrected chi connectivity index (χ1v) is 8.28. The van der Waals surface area contributed by atoms with E-state index in [2.05, 4.69) is 31.5 Å². The molecule has 128 valence electrons. The number of azo groups is 1. The van der Waals surface area contributed by atoms with Crippen molar-refractivity contribution in [1.82, 2.24) is 0 Å². The third-order valence-corrected chi connectivity index (χ3v) is 4.13. The summed E-state index contributed by atoms with van der Waals surface area (Å²) in [6, 6.07) is 10.8. The van der Waals surface area contributed by atoms with Crippen molar-refractivity contribution < 1.29 is 13.5 Å². The van der Waals surface area contributed by atoms with E-state index in [1.165, 1.54) is 6.07 Å². The van der Waals surface area contributed by atoms with Crippen LogP contribution in [-0.2, 0) is 4.74 Å². The number of hydrogen-bond acceptors (Lipinski definition) is 4. The molecule has 0 amide bonds. The van der Waals surface area contributed by atoms with Gasteiger partial charge in [-0.2, -0.15) is 5.11 Å². The lowest BCUT2D eigenvalue weighted by Crippen LogP contribution is -2.10. The van der Waals surface area contributed by atoms with Crippen LogP contribution in [0.5, 0.6) is 0 Å². The number of allylic oxidation sites excluding steroid dienone is 2. The maximum Gasteiger partial charge on any atom is 0.160 e. The van der Waals surface area contributed by atoms with Gasteiger partial charge in [0.05, 0.1) is 11.9 Å². The molecule has 7 heteroatoms. The largest absolute Gasteiger partial charge is 0.492 e. The lowest BCUT2D eigenvalue weighted by Gasteiger charge is -2.16. The SMILES string of the molecule is CC1OC=CC(Br)=C1N=Nc1cccc(Nc2ccc(F)c(F)c2)c1. The molecule has 0 spiro atoms. The van der Waals surface area contributed by atoms with E-state index in [1.54, 1.807) is 36.6 Å². The Balaban J connectivity index is 1.78. The Hall–Kier alpha value is -2.54. The number of benzene rings is 2. The van der Waals surface area contributed by atoms with Crippen molar-refractivity contribution in [3.8, 4) is 0 Å². The van der Waals surface area contributed by atoms with E-state index >= 15 is 0 Å². The Morgan fingerprint density at radius 2 is 1.84 bits per heavy atom. The van der Waals surface area contributed by atoms with Crippen LogP contribution in [0.4, 0.5) is 25.8 Å².